The highest BCUT2D eigenvalue weighted by Crippen LogP contribution is 2.31. The minimum atomic E-state index is -0.301. The highest BCUT2D eigenvalue weighted by molar-refractivity contribution is 14.1. The number of carbonyl (C=O) groups is 2. The van der Waals surface area contributed by atoms with E-state index in [-0.39, 0.29) is 24.2 Å². The molecule has 0 bridgehead atoms. The summed E-state index contributed by atoms with van der Waals surface area (Å²) < 4.78 is 0.897. The van der Waals surface area contributed by atoms with Crippen LogP contribution in [0.4, 0.5) is 5.69 Å². The highest BCUT2D eigenvalue weighted by atomic mass is 127. The Labute approximate surface area is 147 Å². The van der Waals surface area contributed by atoms with E-state index in [4.69, 9.17) is 11.6 Å². The van der Waals surface area contributed by atoms with Crippen molar-refractivity contribution < 1.29 is 9.59 Å². The SMILES string of the molecule is O=C1C[C@@H](Cc2ccc(Cl)cc2)C(=O)N1c1ccccc1I. The van der Waals surface area contributed by atoms with Crippen LogP contribution in [0.3, 0.4) is 0 Å². The lowest BCUT2D eigenvalue weighted by Gasteiger charge is -2.16. The van der Waals surface area contributed by atoms with E-state index in [1.54, 1.807) is 12.1 Å². The minimum absolute atomic E-state index is 0.121. The predicted octanol–water partition coefficient (Wildman–Crippen LogP) is 4.07. The molecule has 0 spiro atoms. The summed E-state index contributed by atoms with van der Waals surface area (Å²) in [5, 5.41) is 0.665. The second-order valence-corrected chi connectivity index (χ2v) is 6.85. The van der Waals surface area contributed by atoms with Crippen LogP contribution in [0.5, 0.6) is 0 Å². The molecule has 5 heteroatoms. The standard InChI is InChI=1S/C17H13ClINO2/c18-13-7-5-11(6-8-13)9-12-10-16(21)20(17(12)22)15-4-2-1-3-14(15)19/h1-8,12H,9-10H2/t12-/m1/s1. The average Bonchev–Trinajstić information content (AvgIpc) is 2.77. The molecule has 3 nitrogen and oxygen atoms in total. The van der Waals surface area contributed by atoms with Crippen molar-refractivity contribution in [2.45, 2.75) is 12.8 Å². The Kier molecular flexibility index (Phi) is 4.49. The van der Waals surface area contributed by atoms with Gasteiger partial charge in [0.25, 0.3) is 0 Å². The summed E-state index contributed by atoms with van der Waals surface area (Å²) in [7, 11) is 0. The molecule has 0 N–H and O–H groups in total. The number of hydrogen-bond acceptors (Lipinski definition) is 2. The Balaban J connectivity index is 1.82. The fourth-order valence-electron chi connectivity index (χ4n) is 2.65. The summed E-state index contributed by atoms with van der Waals surface area (Å²) in [5.41, 5.74) is 1.69. The Hall–Kier alpha value is -1.40. The molecule has 0 saturated carbocycles. The zero-order chi connectivity index (χ0) is 15.7. The summed E-state index contributed by atoms with van der Waals surface area (Å²) in [5.74, 6) is -0.554. The molecule has 1 saturated heterocycles. The molecule has 1 fully saturated rings. The fourth-order valence-corrected chi connectivity index (χ4v) is 3.40. The third-order valence-corrected chi connectivity index (χ3v) is 4.89. The summed E-state index contributed by atoms with van der Waals surface area (Å²) in [6, 6.07) is 14.8. The molecule has 1 atom stereocenters. The molecular formula is C17H13ClINO2. The van der Waals surface area contributed by atoms with Crippen molar-refractivity contribution in [3.8, 4) is 0 Å². The number of carbonyl (C=O) groups excluding carboxylic acids is 2. The molecule has 0 aromatic heterocycles. The first kappa shape index (κ1) is 15.5. The van der Waals surface area contributed by atoms with E-state index in [9.17, 15) is 9.59 Å². The second kappa shape index (κ2) is 6.38. The first-order chi connectivity index (χ1) is 10.6. The Morgan fingerprint density at radius 3 is 2.45 bits per heavy atom. The molecule has 1 heterocycles. The Morgan fingerprint density at radius 2 is 1.77 bits per heavy atom. The van der Waals surface area contributed by atoms with E-state index in [0.29, 0.717) is 17.1 Å². The number of nitrogens with zero attached hydrogens (tertiary/aromatic N) is 1. The summed E-state index contributed by atoms with van der Waals surface area (Å²) >= 11 is 8.01. The zero-order valence-corrected chi connectivity index (χ0v) is 14.5. The molecule has 2 aromatic carbocycles. The lowest BCUT2D eigenvalue weighted by atomic mass is 9.98. The van der Waals surface area contributed by atoms with Gasteiger partial charge in [0, 0.05) is 15.0 Å². The van der Waals surface area contributed by atoms with E-state index in [0.717, 1.165) is 9.13 Å². The molecule has 0 unspecified atom stereocenters. The molecule has 22 heavy (non-hydrogen) atoms. The van der Waals surface area contributed by atoms with Crippen LogP contribution < -0.4 is 4.90 Å². The van der Waals surface area contributed by atoms with Gasteiger partial charge in [0.1, 0.15) is 0 Å². The molecule has 1 aliphatic rings. The second-order valence-electron chi connectivity index (χ2n) is 5.25. The predicted molar refractivity (Wildman–Crippen MR) is 94.9 cm³/mol. The van der Waals surface area contributed by atoms with Gasteiger partial charge in [0.15, 0.2) is 0 Å². The van der Waals surface area contributed by atoms with Crippen LogP contribution >= 0.6 is 34.2 Å². The number of halogens is 2. The first-order valence-electron chi connectivity index (χ1n) is 6.92. The third kappa shape index (κ3) is 3.03. The van der Waals surface area contributed by atoms with E-state index in [1.807, 2.05) is 36.4 Å². The Bertz CT molecular complexity index is 730. The van der Waals surface area contributed by atoms with Gasteiger partial charge in [-0.1, -0.05) is 35.9 Å². The van der Waals surface area contributed by atoms with Crippen LogP contribution in [-0.4, -0.2) is 11.8 Å². The van der Waals surface area contributed by atoms with Gasteiger partial charge < -0.3 is 0 Å². The molecule has 2 amide bonds. The maximum atomic E-state index is 12.6. The third-order valence-electron chi connectivity index (χ3n) is 3.73. The molecule has 0 radical (unpaired) electrons. The summed E-state index contributed by atoms with van der Waals surface area (Å²) in [6.07, 6.45) is 0.814. The van der Waals surface area contributed by atoms with Crippen LogP contribution in [0.1, 0.15) is 12.0 Å². The number of anilines is 1. The molecule has 2 aromatic rings. The molecule has 0 aliphatic carbocycles. The monoisotopic (exact) mass is 425 g/mol. The van der Waals surface area contributed by atoms with Crippen molar-refractivity contribution >= 4 is 51.7 Å². The van der Waals surface area contributed by atoms with Crippen LogP contribution in [0.25, 0.3) is 0 Å². The lowest BCUT2D eigenvalue weighted by Crippen LogP contribution is -2.31. The van der Waals surface area contributed by atoms with Crippen LogP contribution in [0, 0.1) is 9.49 Å². The molecule has 112 valence electrons. The van der Waals surface area contributed by atoms with E-state index in [2.05, 4.69) is 22.6 Å². The smallest absolute Gasteiger partial charge is 0.237 e. The van der Waals surface area contributed by atoms with Crippen molar-refractivity contribution in [3.63, 3.8) is 0 Å². The largest absolute Gasteiger partial charge is 0.274 e. The lowest BCUT2D eigenvalue weighted by molar-refractivity contribution is -0.122. The van der Waals surface area contributed by atoms with Crippen molar-refractivity contribution in [3.05, 3.63) is 62.7 Å². The number of para-hydroxylation sites is 1. The average molecular weight is 426 g/mol. The Morgan fingerprint density at radius 1 is 1.09 bits per heavy atom. The zero-order valence-electron chi connectivity index (χ0n) is 11.6. The van der Waals surface area contributed by atoms with Gasteiger partial charge in [-0.05, 0) is 58.8 Å². The van der Waals surface area contributed by atoms with Crippen LogP contribution in [-0.2, 0) is 16.0 Å². The molecular weight excluding hydrogens is 413 g/mol. The van der Waals surface area contributed by atoms with Crippen molar-refractivity contribution in [1.82, 2.24) is 0 Å². The fraction of sp³-hybridized carbons (Fsp3) is 0.176. The number of amides is 2. The highest BCUT2D eigenvalue weighted by Gasteiger charge is 2.39. The number of benzene rings is 2. The van der Waals surface area contributed by atoms with Crippen LogP contribution in [0.15, 0.2) is 48.5 Å². The van der Waals surface area contributed by atoms with E-state index < -0.39 is 0 Å². The summed E-state index contributed by atoms with van der Waals surface area (Å²) in [4.78, 5) is 26.2. The van der Waals surface area contributed by atoms with Gasteiger partial charge in [-0.2, -0.15) is 0 Å². The van der Waals surface area contributed by atoms with Crippen molar-refractivity contribution in [2.75, 3.05) is 4.90 Å². The van der Waals surface area contributed by atoms with Gasteiger partial charge in [-0.15, -0.1) is 0 Å². The first-order valence-corrected chi connectivity index (χ1v) is 8.37. The number of imide groups is 1. The number of hydrogen-bond donors (Lipinski definition) is 0. The maximum Gasteiger partial charge on any atom is 0.237 e. The van der Waals surface area contributed by atoms with Gasteiger partial charge in [-0.25, -0.2) is 4.90 Å². The maximum absolute atomic E-state index is 12.6. The van der Waals surface area contributed by atoms with Gasteiger partial charge in [0.2, 0.25) is 11.8 Å². The van der Waals surface area contributed by atoms with E-state index >= 15 is 0 Å². The normalized spacial score (nSPS) is 18.1. The van der Waals surface area contributed by atoms with Gasteiger partial charge >= 0.3 is 0 Å². The van der Waals surface area contributed by atoms with Crippen molar-refractivity contribution in [2.24, 2.45) is 5.92 Å². The summed E-state index contributed by atoms with van der Waals surface area (Å²) in [6.45, 7) is 0. The van der Waals surface area contributed by atoms with Crippen LogP contribution in [0.2, 0.25) is 5.02 Å². The van der Waals surface area contributed by atoms with Crippen molar-refractivity contribution in [1.29, 1.82) is 0 Å². The molecule has 3 rings (SSSR count). The number of rotatable bonds is 3. The minimum Gasteiger partial charge on any atom is -0.274 e. The van der Waals surface area contributed by atoms with E-state index in [1.165, 1.54) is 4.90 Å². The quantitative estimate of drug-likeness (QED) is 0.549. The van der Waals surface area contributed by atoms with Gasteiger partial charge in [-0.3, -0.25) is 9.59 Å². The van der Waals surface area contributed by atoms with Gasteiger partial charge in [0.05, 0.1) is 11.6 Å². The topological polar surface area (TPSA) is 37.4 Å². The molecule has 1 aliphatic heterocycles.